The zero-order chi connectivity index (χ0) is 20.5. The second kappa shape index (κ2) is 7.53. The quantitative estimate of drug-likeness (QED) is 0.486. The second-order valence-electron chi connectivity index (χ2n) is 6.23. The fraction of sp³-hybridized carbons (Fsp3) is 0.143. The van der Waals surface area contributed by atoms with E-state index < -0.39 is 23.0 Å². The molecule has 0 N–H and O–H groups in total. The summed E-state index contributed by atoms with van der Waals surface area (Å²) >= 11 is 5.96. The Balaban J connectivity index is 2.31. The van der Waals surface area contributed by atoms with Gasteiger partial charge in [0.15, 0.2) is 0 Å². The minimum absolute atomic E-state index is 0.0206. The van der Waals surface area contributed by atoms with E-state index in [1.54, 1.807) is 55.5 Å². The minimum Gasteiger partial charge on any atom is -0.313 e. The van der Waals surface area contributed by atoms with E-state index in [1.807, 2.05) is 0 Å². The molecule has 0 saturated heterocycles. The van der Waals surface area contributed by atoms with Crippen molar-refractivity contribution in [3.05, 3.63) is 98.1 Å². The van der Waals surface area contributed by atoms with Crippen molar-refractivity contribution in [3.63, 3.8) is 0 Å². The normalized spacial score (nSPS) is 11.3. The predicted molar refractivity (Wildman–Crippen MR) is 103 cm³/mol. The third-order valence-electron chi connectivity index (χ3n) is 4.39. The van der Waals surface area contributed by atoms with Crippen LogP contribution in [0.1, 0.15) is 16.7 Å². The van der Waals surface area contributed by atoms with Crippen molar-refractivity contribution in [3.8, 4) is 11.3 Å². The molecule has 1 heterocycles. The number of aromatic nitrogens is 1. The maximum Gasteiger partial charge on any atom is 0.407 e. The van der Waals surface area contributed by atoms with E-state index in [9.17, 15) is 18.0 Å². The first kappa shape index (κ1) is 19.7. The Morgan fingerprint density at radius 1 is 1.11 bits per heavy atom. The van der Waals surface area contributed by atoms with Crippen LogP contribution >= 0.6 is 11.6 Å². The van der Waals surface area contributed by atoms with E-state index in [0.717, 1.165) is 17.2 Å². The highest BCUT2D eigenvalue weighted by Gasteiger charge is 2.36. The van der Waals surface area contributed by atoms with Crippen molar-refractivity contribution in [2.75, 3.05) is 0 Å². The van der Waals surface area contributed by atoms with Gasteiger partial charge in [-0.15, -0.1) is 0 Å². The van der Waals surface area contributed by atoms with E-state index in [-0.39, 0.29) is 12.2 Å². The molecule has 2 aromatic carbocycles. The van der Waals surface area contributed by atoms with Crippen LogP contribution in [0.25, 0.3) is 16.1 Å². The number of hydrogen-bond donors (Lipinski definition) is 0. The summed E-state index contributed by atoms with van der Waals surface area (Å²) in [4.78, 5) is 15.8. The summed E-state index contributed by atoms with van der Waals surface area (Å²) in [6, 6.07) is 14.3. The first-order valence-corrected chi connectivity index (χ1v) is 8.63. The Morgan fingerprint density at radius 3 is 2.36 bits per heavy atom. The van der Waals surface area contributed by atoms with Gasteiger partial charge in [0.1, 0.15) is 0 Å². The molecular formula is C21H14ClF3N2O. The molecule has 0 amide bonds. The van der Waals surface area contributed by atoms with Crippen molar-refractivity contribution in [2.24, 2.45) is 0 Å². The van der Waals surface area contributed by atoms with Gasteiger partial charge in [0, 0.05) is 10.7 Å². The Morgan fingerprint density at radius 2 is 1.79 bits per heavy atom. The number of nitrogens with zero attached hydrogens (tertiary/aromatic N) is 2. The highest BCUT2D eigenvalue weighted by Crippen LogP contribution is 2.37. The van der Waals surface area contributed by atoms with Crippen molar-refractivity contribution in [1.29, 1.82) is 0 Å². The largest absolute Gasteiger partial charge is 0.407 e. The SMILES string of the molecule is [C-]#[N+]c1c(C(F)(F)F)cc(-c2ccccc2)n(Cc2ccc(Cl)cc2C)c1=O. The molecule has 0 aliphatic heterocycles. The number of alkyl halides is 3. The molecule has 0 fully saturated rings. The first-order valence-electron chi connectivity index (χ1n) is 8.25. The summed E-state index contributed by atoms with van der Waals surface area (Å²) in [5.41, 5.74) is -1.07. The zero-order valence-electron chi connectivity index (χ0n) is 14.7. The molecule has 142 valence electrons. The summed E-state index contributed by atoms with van der Waals surface area (Å²) in [5, 5.41) is 0.520. The lowest BCUT2D eigenvalue weighted by Crippen LogP contribution is -2.25. The van der Waals surface area contributed by atoms with Crippen LogP contribution < -0.4 is 5.56 Å². The van der Waals surface area contributed by atoms with Crippen molar-refractivity contribution in [2.45, 2.75) is 19.6 Å². The van der Waals surface area contributed by atoms with Gasteiger partial charge >= 0.3 is 6.18 Å². The maximum atomic E-state index is 13.5. The molecule has 1 aromatic heterocycles. The lowest BCUT2D eigenvalue weighted by Gasteiger charge is -2.19. The van der Waals surface area contributed by atoms with Gasteiger partial charge < -0.3 is 4.57 Å². The molecule has 0 spiro atoms. The van der Waals surface area contributed by atoms with Crippen LogP contribution in [-0.2, 0) is 12.7 Å². The van der Waals surface area contributed by atoms with Crippen molar-refractivity contribution >= 4 is 17.3 Å². The smallest absolute Gasteiger partial charge is 0.313 e. The predicted octanol–water partition coefficient (Wildman–Crippen LogP) is 6.10. The van der Waals surface area contributed by atoms with Gasteiger partial charge in [0.2, 0.25) is 0 Å². The molecule has 0 radical (unpaired) electrons. The fourth-order valence-corrected chi connectivity index (χ4v) is 3.20. The summed E-state index contributed by atoms with van der Waals surface area (Å²) in [7, 11) is 0. The summed E-state index contributed by atoms with van der Waals surface area (Å²) in [5.74, 6) is 0. The molecule has 28 heavy (non-hydrogen) atoms. The number of rotatable bonds is 3. The molecular weight excluding hydrogens is 389 g/mol. The molecule has 7 heteroatoms. The molecule has 0 atom stereocenters. The number of hydrogen-bond acceptors (Lipinski definition) is 1. The molecule has 0 bridgehead atoms. The first-order chi connectivity index (χ1) is 13.2. The Bertz CT molecular complexity index is 1130. The maximum absolute atomic E-state index is 13.5. The Hall–Kier alpha value is -3.04. The third-order valence-corrected chi connectivity index (χ3v) is 4.63. The van der Waals surface area contributed by atoms with Crippen LogP contribution in [0.5, 0.6) is 0 Å². The van der Waals surface area contributed by atoms with Crippen LogP contribution in [-0.4, -0.2) is 4.57 Å². The average molecular weight is 403 g/mol. The Labute approximate surface area is 164 Å². The third kappa shape index (κ3) is 3.80. The number of benzene rings is 2. The number of aryl methyl sites for hydroxylation is 1. The van der Waals surface area contributed by atoms with E-state index in [4.69, 9.17) is 18.2 Å². The van der Waals surface area contributed by atoms with Gasteiger partial charge in [-0.05, 0) is 41.8 Å². The number of pyridine rings is 1. The average Bonchev–Trinajstić information content (AvgIpc) is 2.64. The fourth-order valence-electron chi connectivity index (χ4n) is 2.97. The van der Waals surface area contributed by atoms with Crippen LogP contribution in [0.4, 0.5) is 18.9 Å². The molecule has 3 aromatic rings. The van der Waals surface area contributed by atoms with E-state index >= 15 is 0 Å². The summed E-state index contributed by atoms with van der Waals surface area (Å²) in [6.45, 7) is 8.94. The molecule has 3 rings (SSSR count). The summed E-state index contributed by atoms with van der Waals surface area (Å²) < 4.78 is 41.6. The van der Waals surface area contributed by atoms with Crippen LogP contribution in [0.3, 0.4) is 0 Å². The number of halogens is 4. The molecule has 0 aliphatic rings. The van der Waals surface area contributed by atoms with Crippen molar-refractivity contribution < 1.29 is 13.2 Å². The van der Waals surface area contributed by atoms with E-state index in [2.05, 4.69) is 4.85 Å². The standard InChI is InChI=1S/C21H14ClF3N2O/c1-13-10-16(22)9-8-15(13)12-27-18(14-6-4-3-5-7-14)11-17(21(23,24)25)19(26-2)20(27)28/h3-11H,12H2,1H3. The van der Waals surface area contributed by atoms with Gasteiger partial charge in [-0.1, -0.05) is 48.0 Å². The summed E-state index contributed by atoms with van der Waals surface area (Å²) in [6.07, 6.45) is -4.81. The highest BCUT2D eigenvalue weighted by molar-refractivity contribution is 6.30. The van der Waals surface area contributed by atoms with E-state index in [1.165, 1.54) is 4.57 Å². The van der Waals surface area contributed by atoms with Crippen molar-refractivity contribution in [1.82, 2.24) is 4.57 Å². The van der Waals surface area contributed by atoms with E-state index in [0.29, 0.717) is 10.6 Å². The molecule has 0 saturated carbocycles. The van der Waals surface area contributed by atoms with Gasteiger partial charge in [0.05, 0.1) is 18.7 Å². The lowest BCUT2D eigenvalue weighted by molar-refractivity contribution is -0.136. The topological polar surface area (TPSA) is 26.4 Å². The van der Waals surface area contributed by atoms with Gasteiger partial charge in [-0.2, -0.15) is 13.2 Å². The zero-order valence-corrected chi connectivity index (χ0v) is 15.5. The minimum atomic E-state index is -4.81. The van der Waals surface area contributed by atoms with Crippen LogP contribution in [0, 0.1) is 13.5 Å². The Kier molecular flexibility index (Phi) is 5.30. The second-order valence-corrected chi connectivity index (χ2v) is 6.67. The van der Waals surface area contributed by atoms with Gasteiger partial charge in [-0.25, -0.2) is 4.85 Å². The monoisotopic (exact) mass is 402 g/mol. The van der Waals surface area contributed by atoms with Gasteiger partial charge in [0.25, 0.3) is 11.2 Å². The highest BCUT2D eigenvalue weighted by atomic mass is 35.5. The van der Waals surface area contributed by atoms with Crippen LogP contribution in [0.15, 0.2) is 59.4 Å². The van der Waals surface area contributed by atoms with Gasteiger partial charge in [-0.3, -0.25) is 4.79 Å². The molecule has 0 aliphatic carbocycles. The lowest BCUT2D eigenvalue weighted by atomic mass is 10.0. The molecule has 3 nitrogen and oxygen atoms in total. The van der Waals surface area contributed by atoms with Crippen LogP contribution in [0.2, 0.25) is 5.02 Å². The molecule has 0 unspecified atom stereocenters.